The highest BCUT2D eigenvalue weighted by Crippen LogP contribution is 2.52. The van der Waals surface area contributed by atoms with Crippen molar-refractivity contribution in [3.05, 3.63) is 34.9 Å². The predicted molar refractivity (Wildman–Crippen MR) is 60.6 cm³/mol. The van der Waals surface area contributed by atoms with Crippen LogP contribution >= 0.6 is 11.6 Å². The molecule has 2 atom stereocenters. The largest absolute Gasteiger partial charge is 0.327 e. The highest BCUT2D eigenvalue weighted by atomic mass is 35.5. The third-order valence-electron chi connectivity index (χ3n) is 3.45. The van der Waals surface area contributed by atoms with Crippen molar-refractivity contribution in [2.75, 3.05) is 0 Å². The highest BCUT2D eigenvalue weighted by Gasteiger charge is 2.55. The second-order valence-corrected chi connectivity index (χ2v) is 4.95. The van der Waals surface area contributed by atoms with Gasteiger partial charge >= 0.3 is 0 Å². The molecule has 0 saturated heterocycles. The highest BCUT2D eigenvalue weighted by molar-refractivity contribution is 6.30. The van der Waals surface area contributed by atoms with E-state index in [1.165, 1.54) is 5.56 Å². The molecule has 1 unspecified atom stereocenters. The van der Waals surface area contributed by atoms with E-state index < -0.39 is 0 Å². The van der Waals surface area contributed by atoms with Gasteiger partial charge in [-0.05, 0) is 30.0 Å². The van der Waals surface area contributed by atoms with E-state index in [4.69, 9.17) is 17.3 Å². The van der Waals surface area contributed by atoms with E-state index in [-0.39, 0.29) is 5.41 Å². The van der Waals surface area contributed by atoms with Gasteiger partial charge in [0.25, 0.3) is 0 Å². The number of hydrogen-bond acceptors (Lipinski definition) is 1. The Hall–Kier alpha value is -0.530. The van der Waals surface area contributed by atoms with Gasteiger partial charge in [0.05, 0.1) is 0 Å². The van der Waals surface area contributed by atoms with Gasteiger partial charge in [-0.25, -0.2) is 0 Å². The number of rotatable bonds is 2. The quantitative estimate of drug-likeness (QED) is 0.797. The van der Waals surface area contributed by atoms with Crippen LogP contribution in [-0.2, 0) is 5.41 Å². The number of nitrogens with two attached hydrogens (primary N) is 1. The molecule has 76 valence electrons. The van der Waals surface area contributed by atoms with Crippen molar-refractivity contribution in [1.82, 2.24) is 0 Å². The molecule has 0 amide bonds. The molecule has 0 heterocycles. The molecule has 1 fully saturated rings. The minimum absolute atomic E-state index is 0.185. The Morgan fingerprint density at radius 2 is 2.14 bits per heavy atom. The molecule has 1 aliphatic carbocycles. The first-order valence-corrected chi connectivity index (χ1v) is 5.47. The summed E-state index contributed by atoms with van der Waals surface area (Å²) in [5.74, 6) is 0.580. The Labute approximate surface area is 90.3 Å². The van der Waals surface area contributed by atoms with Crippen LogP contribution in [0.3, 0.4) is 0 Å². The van der Waals surface area contributed by atoms with Gasteiger partial charge in [-0.1, -0.05) is 37.6 Å². The van der Waals surface area contributed by atoms with Crippen LogP contribution in [0.25, 0.3) is 0 Å². The molecule has 0 bridgehead atoms. The van der Waals surface area contributed by atoms with E-state index in [0.717, 1.165) is 11.4 Å². The molecule has 0 aromatic heterocycles. The van der Waals surface area contributed by atoms with Crippen LogP contribution in [0.2, 0.25) is 5.02 Å². The Balaban J connectivity index is 2.39. The third kappa shape index (κ3) is 1.35. The summed E-state index contributed by atoms with van der Waals surface area (Å²) in [4.78, 5) is 0. The smallest absolute Gasteiger partial charge is 0.0408 e. The molecule has 1 aliphatic rings. The number of benzene rings is 1. The van der Waals surface area contributed by atoms with E-state index in [1.807, 2.05) is 12.1 Å². The van der Waals surface area contributed by atoms with Crippen LogP contribution in [0.15, 0.2) is 24.3 Å². The third-order valence-corrected chi connectivity index (χ3v) is 3.69. The zero-order valence-corrected chi connectivity index (χ0v) is 9.38. The normalized spacial score (nSPS) is 30.8. The lowest BCUT2D eigenvalue weighted by molar-refractivity contribution is 0.466. The molecule has 0 radical (unpaired) electrons. The average Bonchev–Trinajstić information content (AvgIpc) is 2.79. The topological polar surface area (TPSA) is 26.0 Å². The van der Waals surface area contributed by atoms with Crippen molar-refractivity contribution in [3.8, 4) is 0 Å². The Morgan fingerprint density at radius 3 is 2.57 bits per heavy atom. The molecule has 1 nitrogen and oxygen atoms in total. The van der Waals surface area contributed by atoms with Gasteiger partial charge in [0.1, 0.15) is 0 Å². The SMILES string of the molecule is CC(C)C1(c2cccc(Cl)c2)C[C@H]1N. The van der Waals surface area contributed by atoms with Crippen molar-refractivity contribution < 1.29 is 0 Å². The standard InChI is InChI=1S/C12H16ClN/c1-8(2)12(7-11(12)14)9-4-3-5-10(13)6-9/h3-6,8,11H,7,14H2,1-2H3/t11-,12?/m1/s1. The average molecular weight is 210 g/mol. The zero-order valence-electron chi connectivity index (χ0n) is 8.63. The second kappa shape index (κ2) is 3.25. The van der Waals surface area contributed by atoms with E-state index in [2.05, 4.69) is 26.0 Å². The molecule has 0 aliphatic heterocycles. The van der Waals surface area contributed by atoms with Crippen molar-refractivity contribution >= 4 is 11.6 Å². The molecule has 1 aromatic carbocycles. The number of halogens is 1. The summed E-state index contributed by atoms with van der Waals surface area (Å²) in [5, 5.41) is 0.807. The zero-order chi connectivity index (χ0) is 10.3. The van der Waals surface area contributed by atoms with Crippen molar-refractivity contribution in [2.45, 2.75) is 31.7 Å². The van der Waals surface area contributed by atoms with Crippen LogP contribution in [0.5, 0.6) is 0 Å². The van der Waals surface area contributed by atoms with E-state index >= 15 is 0 Å². The summed E-state index contributed by atoms with van der Waals surface area (Å²) in [6.45, 7) is 4.46. The monoisotopic (exact) mass is 209 g/mol. The summed E-state index contributed by atoms with van der Waals surface area (Å²) in [5.41, 5.74) is 7.53. The van der Waals surface area contributed by atoms with Gasteiger partial charge < -0.3 is 5.73 Å². The molecule has 1 saturated carbocycles. The molecular formula is C12H16ClN. The Kier molecular flexibility index (Phi) is 2.32. The number of hydrogen-bond donors (Lipinski definition) is 1. The van der Waals surface area contributed by atoms with Crippen LogP contribution in [0, 0.1) is 5.92 Å². The van der Waals surface area contributed by atoms with Gasteiger partial charge in [0.15, 0.2) is 0 Å². The molecule has 2 N–H and O–H groups in total. The molecule has 2 rings (SSSR count). The van der Waals surface area contributed by atoms with Crippen molar-refractivity contribution in [1.29, 1.82) is 0 Å². The first-order valence-electron chi connectivity index (χ1n) is 5.09. The summed E-state index contributed by atoms with van der Waals surface area (Å²) in [6.07, 6.45) is 1.09. The van der Waals surface area contributed by atoms with Crippen LogP contribution in [-0.4, -0.2) is 6.04 Å². The minimum Gasteiger partial charge on any atom is -0.327 e. The van der Waals surface area contributed by atoms with E-state index in [0.29, 0.717) is 12.0 Å². The first-order chi connectivity index (χ1) is 6.57. The van der Waals surface area contributed by atoms with Gasteiger partial charge in [-0.3, -0.25) is 0 Å². The van der Waals surface area contributed by atoms with Crippen LogP contribution < -0.4 is 5.73 Å². The van der Waals surface area contributed by atoms with E-state index in [9.17, 15) is 0 Å². The summed E-state index contributed by atoms with van der Waals surface area (Å²) < 4.78 is 0. The second-order valence-electron chi connectivity index (χ2n) is 4.52. The fourth-order valence-electron chi connectivity index (χ4n) is 2.41. The van der Waals surface area contributed by atoms with Gasteiger partial charge in [0, 0.05) is 16.5 Å². The maximum absolute atomic E-state index is 6.04. The fraction of sp³-hybridized carbons (Fsp3) is 0.500. The van der Waals surface area contributed by atoms with Crippen LogP contribution in [0.1, 0.15) is 25.8 Å². The minimum atomic E-state index is 0.185. The molecule has 1 aromatic rings. The summed E-state index contributed by atoms with van der Waals surface area (Å²) >= 11 is 5.99. The molecular weight excluding hydrogens is 194 g/mol. The van der Waals surface area contributed by atoms with Gasteiger partial charge in [-0.15, -0.1) is 0 Å². The molecule has 0 spiro atoms. The van der Waals surface area contributed by atoms with E-state index in [1.54, 1.807) is 0 Å². The maximum Gasteiger partial charge on any atom is 0.0408 e. The fourth-order valence-corrected chi connectivity index (χ4v) is 2.60. The van der Waals surface area contributed by atoms with Crippen molar-refractivity contribution in [3.63, 3.8) is 0 Å². The van der Waals surface area contributed by atoms with Crippen molar-refractivity contribution in [2.24, 2.45) is 11.7 Å². The molecule has 2 heteroatoms. The van der Waals surface area contributed by atoms with Crippen LogP contribution in [0.4, 0.5) is 0 Å². The lowest BCUT2D eigenvalue weighted by atomic mass is 9.84. The summed E-state index contributed by atoms with van der Waals surface area (Å²) in [7, 11) is 0. The first kappa shape index (κ1) is 10.0. The lowest BCUT2D eigenvalue weighted by Gasteiger charge is -2.21. The summed E-state index contributed by atoms with van der Waals surface area (Å²) in [6, 6.07) is 8.41. The Morgan fingerprint density at radius 1 is 1.50 bits per heavy atom. The van der Waals surface area contributed by atoms with Gasteiger partial charge in [0.2, 0.25) is 0 Å². The maximum atomic E-state index is 6.04. The molecule has 14 heavy (non-hydrogen) atoms. The van der Waals surface area contributed by atoms with Gasteiger partial charge in [-0.2, -0.15) is 0 Å². The predicted octanol–water partition coefficient (Wildman–Crippen LogP) is 2.96. The lowest BCUT2D eigenvalue weighted by Crippen LogP contribution is -2.24. The Bertz CT molecular complexity index is 348.